The van der Waals surface area contributed by atoms with Crippen LogP contribution in [0.4, 0.5) is 8.78 Å². The van der Waals surface area contributed by atoms with Crippen LogP contribution in [0.2, 0.25) is 0 Å². The maximum absolute atomic E-state index is 13.2. The molecule has 19 heavy (non-hydrogen) atoms. The van der Waals surface area contributed by atoms with Crippen molar-refractivity contribution in [2.24, 2.45) is 0 Å². The van der Waals surface area contributed by atoms with Crippen molar-refractivity contribution < 1.29 is 8.78 Å². The van der Waals surface area contributed by atoms with Crippen molar-refractivity contribution in [1.82, 2.24) is 15.1 Å². The smallest absolute Gasteiger partial charge is 0.159 e. The van der Waals surface area contributed by atoms with Gasteiger partial charge < -0.3 is 5.32 Å². The van der Waals surface area contributed by atoms with Crippen LogP contribution in [0.1, 0.15) is 18.9 Å². The Hall–Kier alpha value is -1.75. The van der Waals surface area contributed by atoms with E-state index in [9.17, 15) is 8.78 Å². The summed E-state index contributed by atoms with van der Waals surface area (Å²) in [4.78, 5) is 0. The molecule has 1 aromatic carbocycles. The molecule has 1 N–H and O–H groups in total. The quantitative estimate of drug-likeness (QED) is 0.903. The summed E-state index contributed by atoms with van der Waals surface area (Å²) < 4.78 is 28.1. The average Bonchev–Trinajstić information content (AvgIpc) is 2.93. The van der Waals surface area contributed by atoms with E-state index in [1.165, 1.54) is 6.07 Å². The van der Waals surface area contributed by atoms with E-state index in [1.807, 2.05) is 10.9 Å². The largest absolute Gasteiger partial charge is 0.317 e. The molecule has 2 aromatic rings. The van der Waals surface area contributed by atoms with Crippen molar-refractivity contribution in [3.63, 3.8) is 0 Å². The molecular weight excluding hydrogens is 248 g/mol. The molecule has 1 aliphatic rings. The first-order valence-electron chi connectivity index (χ1n) is 6.44. The summed E-state index contributed by atoms with van der Waals surface area (Å²) >= 11 is 0. The molecule has 0 radical (unpaired) electrons. The second-order valence-corrected chi connectivity index (χ2v) is 4.82. The molecule has 100 valence electrons. The third kappa shape index (κ3) is 2.51. The Bertz CT molecular complexity index is 574. The van der Waals surface area contributed by atoms with Crippen LogP contribution in [0, 0.1) is 11.6 Å². The highest BCUT2D eigenvalue weighted by atomic mass is 19.2. The van der Waals surface area contributed by atoms with Gasteiger partial charge in [-0.1, -0.05) is 6.07 Å². The normalized spacial score (nSPS) is 16.7. The highest BCUT2D eigenvalue weighted by molar-refractivity contribution is 5.61. The number of rotatable bonds is 2. The fraction of sp³-hybridized carbons (Fsp3) is 0.357. The molecule has 5 heteroatoms. The van der Waals surface area contributed by atoms with E-state index in [1.54, 1.807) is 12.3 Å². The molecule has 3 rings (SSSR count). The van der Waals surface area contributed by atoms with Crippen LogP contribution in [-0.4, -0.2) is 22.9 Å². The summed E-state index contributed by atoms with van der Waals surface area (Å²) in [5.41, 5.74) is 1.47. The number of benzene rings is 1. The molecule has 3 nitrogen and oxygen atoms in total. The first kappa shape index (κ1) is 12.3. The lowest BCUT2D eigenvalue weighted by molar-refractivity contribution is 0.343. The number of halogens is 2. The Morgan fingerprint density at radius 1 is 1.11 bits per heavy atom. The Labute approximate surface area is 110 Å². The topological polar surface area (TPSA) is 29.9 Å². The number of nitrogens with one attached hydrogen (secondary N) is 1. The predicted octanol–water partition coefficient (Wildman–Crippen LogP) is 2.75. The summed E-state index contributed by atoms with van der Waals surface area (Å²) in [7, 11) is 0. The summed E-state index contributed by atoms with van der Waals surface area (Å²) in [6.07, 6.45) is 5.69. The highest BCUT2D eigenvalue weighted by Crippen LogP contribution is 2.24. The summed E-state index contributed by atoms with van der Waals surface area (Å²) in [6, 6.07) is 4.31. The minimum atomic E-state index is -0.827. The third-order valence-electron chi connectivity index (χ3n) is 3.54. The zero-order chi connectivity index (χ0) is 13.2. The maximum Gasteiger partial charge on any atom is 0.159 e. The van der Waals surface area contributed by atoms with Gasteiger partial charge >= 0.3 is 0 Å². The maximum atomic E-state index is 13.2. The van der Waals surface area contributed by atoms with Gasteiger partial charge in [0.15, 0.2) is 11.6 Å². The molecule has 0 atom stereocenters. The number of hydrogen-bond acceptors (Lipinski definition) is 2. The van der Waals surface area contributed by atoms with Gasteiger partial charge in [-0.05, 0) is 43.6 Å². The molecule has 0 unspecified atom stereocenters. The van der Waals surface area contributed by atoms with E-state index in [2.05, 4.69) is 10.4 Å². The predicted molar refractivity (Wildman–Crippen MR) is 68.7 cm³/mol. The fourth-order valence-corrected chi connectivity index (χ4v) is 2.43. The number of hydrogen-bond donors (Lipinski definition) is 1. The van der Waals surface area contributed by atoms with Crippen molar-refractivity contribution in [2.45, 2.75) is 18.9 Å². The monoisotopic (exact) mass is 263 g/mol. The van der Waals surface area contributed by atoms with E-state index in [-0.39, 0.29) is 0 Å². The van der Waals surface area contributed by atoms with Crippen LogP contribution in [-0.2, 0) is 0 Å². The minimum absolute atomic E-state index is 0.389. The summed E-state index contributed by atoms with van der Waals surface area (Å²) in [5, 5.41) is 7.65. The SMILES string of the molecule is Fc1ccc(-c2cnn(C3CCNCC3)c2)cc1F. The molecule has 0 bridgehead atoms. The Kier molecular flexibility index (Phi) is 3.29. The molecule has 0 aliphatic carbocycles. The molecule has 1 aliphatic heterocycles. The molecule has 1 saturated heterocycles. The molecule has 0 spiro atoms. The number of piperidine rings is 1. The van der Waals surface area contributed by atoms with Crippen molar-refractivity contribution >= 4 is 0 Å². The number of aromatic nitrogens is 2. The van der Waals surface area contributed by atoms with Gasteiger partial charge in [0, 0.05) is 11.8 Å². The van der Waals surface area contributed by atoms with Crippen LogP contribution in [0.15, 0.2) is 30.6 Å². The van der Waals surface area contributed by atoms with Gasteiger partial charge in [0.25, 0.3) is 0 Å². The standard InChI is InChI=1S/C14H15F2N3/c15-13-2-1-10(7-14(13)16)11-8-18-19(9-11)12-3-5-17-6-4-12/h1-2,7-9,12,17H,3-6H2. The zero-order valence-corrected chi connectivity index (χ0v) is 10.4. The highest BCUT2D eigenvalue weighted by Gasteiger charge is 2.16. The molecule has 1 fully saturated rings. The first-order chi connectivity index (χ1) is 9.24. The van der Waals surface area contributed by atoms with Crippen LogP contribution < -0.4 is 5.32 Å². The molecule has 0 amide bonds. The van der Waals surface area contributed by atoms with Crippen molar-refractivity contribution in [1.29, 1.82) is 0 Å². The van der Waals surface area contributed by atoms with Gasteiger partial charge in [-0.3, -0.25) is 4.68 Å². The minimum Gasteiger partial charge on any atom is -0.317 e. The van der Waals surface area contributed by atoms with Crippen molar-refractivity contribution in [3.8, 4) is 11.1 Å². The van der Waals surface area contributed by atoms with Crippen molar-refractivity contribution in [3.05, 3.63) is 42.2 Å². The van der Waals surface area contributed by atoms with Crippen LogP contribution in [0.5, 0.6) is 0 Å². The van der Waals surface area contributed by atoms with Gasteiger partial charge in [-0.2, -0.15) is 5.10 Å². The lowest BCUT2D eigenvalue weighted by atomic mass is 10.1. The van der Waals surface area contributed by atoms with Crippen LogP contribution in [0.25, 0.3) is 11.1 Å². The molecule has 1 aromatic heterocycles. The second kappa shape index (κ2) is 5.09. The molecule has 0 saturated carbocycles. The van der Waals surface area contributed by atoms with Gasteiger partial charge in [-0.15, -0.1) is 0 Å². The van der Waals surface area contributed by atoms with Gasteiger partial charge in [0.1, 0.15) is 0 Å². The Morgan fingerprint density at radius 2 is 1.89 bits per heavy atom. The molecular formula is C14H15F2N3. The summed E-state index contributed by atoms with van der Waals surface area (Å²) in [6.45, 7) is 1.98. The van der Waals surface area contributed by atoms with Crippen LogP contribution >= 0.6 is 0 Å². The first-order valence-corrected chi connectivity index (χ1v) is 6.44. The Balaban J connectivity index is 1.85. The van der Waals surface area contributed by atoms with E-state index in [0.29, 0.717) is 11.6 Å². The van der Waals surface area contributed by atoms with E-state index in [4.69, 9.17) is 0 Å². The van der Waals surface area contributed by atoms with E-state index < -0.39 is 11.6 Å². The fourth-order valence-electron chi connectivity index (χ4n) is 2.43. The zero-order valence-electron chi connectivity index (χ0n) is 10.4. The lowest BCUT2D eigenvalue weighted by Crippen LogP contribution is -2.29. The Morgan fingerprint density at radius 3 is 2.63 bits per heavy atom. The van der Waals surface area contributed by atoms with E-state index >= 15 is 0 Å². The molecule has 2 heterocycles. The van der Waals surface area contributed by atoms with Crippen molar-refractivity contribution in [2.75, 3.05) is 13.1 Å². The van der Waals surface area contributed by atoms with Gasteiger partial charge in [0.05, 0.1) is 12.2 Å². The van der Waals surface area contributed by atoms with E-state index in [0.717, 1.165) is 37.6 Å². The van der Waals surface area contributed by atoms with Gasteiger partial charge in [0.2, 0.25) is 0 Å². The second-order valence-electron chi connectivity index (χ2n) is 4.82. The summed E-state index contributed by atoms with van der Waals surface area (Å²) in [5.74, 6) is -1.65. The average molecular weight is 263 g/mol. The van der Waals surface area contributed by atoms with Gasteiger partial charge in [-0.25, -0.2) is 8.78 Å². The lowest BCUT2D eigenvalue weighted by Gasteiger charge is -2.22. The number of nitrogens with zero attached hydrogens (tertiary/aromatic N) is 2. The van der Waals surface area contributed by atoms with Crippen LogP contribution in [0.3, 0.4) is 0 Å². The third-order valence-corrected chi connectivity index (χ3v) is 3.54.